The molecule has 1 aromatic rings. The van der Waals surface area contributed by atoms with Crippen molar-refractivity contribution in [2.24, 2.45) is 5.92 Å². The standard InChI is InChI=1S/C14H21BrFNO2S/c1-10(2)4-5-11(3)17-20(18,19)9-12-6-7-13(15)8-14(12)16/h6-8,10-11,17H,4-5,9H2,1-3H3/t11-/m0/s1. The Morgan fingerprint density at radius 2 is 1.90 bits per heavy atom. The maximum Gasteiger partial charge on any atom is 0.216 e. The number of nitrogens with one attached hydrogen (secondary N) is 1. The van der Waals surface area contributed by atoms with Crippen molar-refractivity contribution in [3.63, 3.8) is 0 Å². The number of benzene rings is 1. The van der Waals surface area contributed by atoms with E-state index < -0.39 is 15.8 Å². The monoisotopic (exact) mass is 365 g/mol. The lowest BCUT2D eigenvalue weighted by Crippen LogP contribution is -2.33. The molecule has 0 bridgehead atoms. The first kappa shape index (κ1) is 17.6. The van der Waals surface area contributed by atoms with Crippen LogP contribution in [0.2, 0.25) is 0 Å². The summed E-state index contributed by atoms with van der Waals surface area (Å²) in [5.74, 6) is -0.316. The van der Waals surface area contributed by atoms with Crippen molar-refractivity contribution in [3.8, 4) is 0 Å². The molecule has 1 rings (SSSR count). The Labute approximate surface area is 129 Å². The topological polar surface area (TPSA) is 46.2 Å². The minimum atomic E-state index is -3.52. The van der Waals surface area contributed by atoms with E-state index in [1.165, 1.54) is 12.1 Å². The molecule has 0 fully saturated rings. The molecule has 1 aromatic carbocycles. The van der Waals surface area contributed by atoms with Gasteiger partial charge >= 0.3 is 0 Å². The van der Waals surface area contributed by atoms with Gasteiger partial charge in [0.15, 0.2) is 0 Å². The predicted octanol–water partition coefficient (Wildman–Crippen LogP) is 3.83. The molecule has 114 valence electrons. The molecule has 20 heavy (non-hydrogen) atoms. The summed E-state index contributed by atoms with van der Waals surface area (Å²) in [6.07, 6.45) is 1.73. The maximum absolute atomic E-state index is 13.6. The summed E-state index contributed by atoms with van der Waals surface area (Å²) in [6, 6.07) is 4.25. The van der Waals surface area contributed by atoms with Crippen molar-refractivity contribution in [1.82, 2.24) is 4.72 Å². The zero-order chi connectivity index (χ0) is 15.3. The van der Waals surface area contributed by atoms with Crippen LogP contribution in [-0.2, 0) is 15.8 Å². The third-order valence-electron chi connectivity index (χ3n) is 2.92. The smallest absolute Gasteiger partial charge is 0.212 e. The summed E-state index contributed by atoms with van der Waals surface area (Å²) in [6.45, 7) is 6.02. The third kappa shape index (κ3) is 6.33. The van der Waals surface area contributed by atoms with E-state index in [4.69, 9.17) is 0 Å². The fraction of sp³-hybridized carbons (Fsp3) is 0.571. The number of hydrogen-bond donors (Lipinski definition) is 1. The van der Waals surface area contributed by atoms with Gasteiger partial charge in [0.1, 0.15) is 5.82 Å². The van der Waals surface area contributed by atoms with Crippen molar-refractivity contribution in [2.45, 2.75) is 45.4 Å². The summed E-state index contributed by atoms with van der Waals surface area (Å²) in [7, 11) is -3.52. The Morgan fingerprint density at radius 3 is 2.45 bits per heavy atom. The Morgan fingerprint density at radius 1 is 1.25 bits per heavy atom. The minimum absolute atomic E-state index is 0.138. The molecule has 0 spiro atoms. The van der Waals surface area contributed by atoms with Crippen molar-refractivity contribution in [3.05, 3.63) is 34.1 Å². The lowest BCUT2D eigenvalue weighted by Gasteiger charge is -2.15. The van der Waals surface area contributed by atoms with Crippen molar-refractivity contribution >= 4 is 26.0 Å². The first-order valence-corrected chi connectivity index (χ1v) is 9.08. The van der Waals surface area contributed by atoms with E-state index in [-0.39, 0.29) is 17.4 Å². The SMILES string of the molecule is CC(C)CC[C@H](C)NS(=O)(=O)Cc1ccc(Br)cc1F. The highest BCUT2D eigenvalue weighted by Gasteiger charge is 2.17. The van der Waals surface area contributed by atoms with Gasteiger partial charge in [-0.2, -0.15) is 0 Å². The van der Waals surface area contributed by atoms with Crippen LogP contribution in [0, 0.1) is 11.7 Å². The summed E-state index contributed by atoms with van der Waals surface area (Å²) in [4.78, 5) is 0. The molecule has 0 saturated heterocycles. The van der Waals surface area contributed by atoms with Crippen LogP contribution in [0.25, 0.3) is 0 Å². The van der Waals surface area contributed by atoms with Gasteiger partial charge in [-0.1, -0.05) is 35.8 Å². The Kier molecular flexibility index (Phi) is 6.61. The van der Waals surface area contributed by atoms with Gasteiger partial charge in [-0.3, -0.25) is 0 Å². The summed E-state index contributed by atoms with van der Waals surface area (Å²) in [5, 5.41) is 0. The molecule has 0 heterocycles. The highest BCUT2D eigenvalue weighted by molar-refractivity contribution is 9.10. The highest BCUT2D eigenvalue weighted by Crippen LogP contribution is 2.17. The van der Waals surface area contributed by atoms with Crippen molar-refractivity contribution in [2.75, 3.05) is 0 Å². The fourth-order valence-electron chi connectivity index (χ4n) is 1.83. The molecule has 1 N–H and O–H groups in total. The fourth-order valence-corrected chi connectivity index (χ4v) is 3.62. The number of sulfonamides is 1. The maximum atomic E-state index is 13.6. The van der Waals surface area contributed by atoms with Crippen LogP contribution in [0.4, 0.5) is 4.39 Å². The third-order valence-corrected chi connectivity index (χ3v) is 4.86. The van der Waals surface area contributed by atoms with E-state index in [0.29, 0.717) is 10.4 Å². The van der Waals surface area contributed by atoms with E-state index in [1.807, 2.05) is 6.92 Å². The van der Waals surface area contributed by atoms with E-state index >= 15 is 0 Å². The van der Waals surface area contributed by atoms with E-state index in [2.05, 4.69) is 34.5 Å². The summed E-state index contributed by atoms with van der Waals surface area (Å²) in [5.41, 5.74) is 0.178. The summed E-state index contributed by atoms with van der Waals surface area (Å²) >= 11 is 3.15. The Balaban J connectivity index is 2.65. The molecule has 6 heteroatoms. The molecule has 0 unspecified atom stereocenters. The lowest BCUT2D eigenvalue weighted by molar-refractivity contribution is 0.484. The second kappa shape index (κ2) is 7.52. The molecule has 3 nitrogen and oxygen atoms in total. The quantitative estimate of drug-likeness (QED) is 0.797. The van der Waals surface area contributed by atoms with Crippen LogP contribution >= 0.6 is 15.9 Å². The zero-order valence-electron chi connectivity index (χ0n) is 12.0. The Hall–Kier alpha value is -0.460. The predicted molar refractivity (Wildman–Crippen MR) is 83.4 cm³/mol. The van der Waals surface area contributed by atoms with Gasteiger partial charge < -0.3 is 0 Å². The van der Waals surface area contributed by atoms with Crippen LogP contribution in [-0.4, -0.2) is 14.5 Å². The molecule has 1 atom stereocenters. The highest BCUT2D eigenvalue weighted by atomic mass is 79.9. The first-order valence-electron chi connectivity index (χ1n) is 6.63. The van der Waals surface area contributed by atoms with Gasteiger partial charge in [0.25, 0.3) is 0 Å². The molecule has 0 amide bonds. The second-order valence-corrected chi connectivity index (χ2v) is 8.15. The van der Waals surface area contributed by atoms with Crippen LogP contribution in [0.15, 0.2) is 22.7 Å². The van der Waals surface area contributed by atoms with Gasteiger partial charge in [0.05, 0.1) is 5.75 Å². The average molecular weight is 366 g/mol. The molecule has 0 radical (unpaired) electrons. The number of hydrogen-bond acceptors (Lipinski definition) is 2. The Bertz CT molecular complexity index is 546. The van der Waals surface area contributed by atoms with E-state index in [1.54, 1.807) is 6.07 Å². The normalized spacial score (nSPS) is 13.7. The molecule has 0 aliphatic rings. The molecule has 0 aliphatic heterocycles. The van der Waals surface area contributed by atoms with Crippen LogP contribution in [0.3, 0.4) is 0 Å². The number of halogens is 2. The van der Waals surface area contributed by atoms with Crippen LogP contribution in [0.5, 0.6) is 0 Å². The largest absolute Gasteiger partial charge is 0.216 e. The van der Waals surface area contributed by atoms with Crippen LogP contribution < -0.4 is 4.72 Å². The molecular formula is C14H21BrFNO2S. The minimum Gasteiger partial charge on any atom is -0.212 e. The van der Waals surface area contributed by atoms with Crippen molar-refractivity contribution in [1.29, 1.82) is 0 Å². The van der Waals surface area contributed by atoms with E-state index in [0.717, 1.165) is 12.8 Å². The first-order chi connectivity index (χ1) is 9.19. The van der Waals surface area contributed by atoms with Gasteiger partial charge in [-0.05, 0) is 37.8 Å². The molecule has 0 aliphatic carbocycles. The van der Waals surface area contributed by atoms with Gasteiger partial charge in [0, 0.05) is 16.1 Å². The zero-order valence-corrected chi connectivity index (χ0v) is 14.4. The van der Waals surface area contributed by atoms with Gasteiger partial charge in [0.2, 0.25) is 10.0 Å². The van der Waals surface area contributed by atoms with Gasteiger partial charge in [-0.25, -0.2) is 17.5 Å². The van der Waals surface area contributed by atoms with Gasteiger partial charge in [-0.15, -0.1) is 0 Å². The lowest BCUT2D eigenvalue weighted by atomic mass is 10.1. The van der Waals surface area contributed by atoms with E-state index in [9.17, 15) is 12.8 Å². The number of rotatable bonds is 7. The van der Waals surface area contributed by atoms with Crippen molar-refractivity contribution < 1.29 is 12.8 Å². The average Bonchev–Trinajstić information content (AvgIpc) is 2.29. The van der Waals surface area contributed by atoms with Crippen LogP contribution in [0.1, 0.15) is 39.2 Å². The molecule has 0 aromatic heterocycles. The summed E-state index contributed by atoms with van der Waals surface area (Å²) < 4.78 is 40.8. The second-order valence-electron chi connectivity index (χ2n) is 5.48. The molecular weight excluding hydrogens is 345 g/mol. The molecule has 0 saturated carbocycles.